The van der Waals surface area contributed by atoms with Gasteiger partial charge in [0.1, 0.15) is 29.0 Å². The van der Waals surface area contributed by atoms with Crippen molar-refractivity contribution in [3.05, 3.63) is 63.0 Å². The van der Waals surface area contributed by atoms with Gasteiger partial charge >= 0.3 is 0 Å². The van der Waals surface area contributed by atoms with E-state index in [1.807, 2.05) is 42.5 Å². The van der Waals surface area contributed by atoms with E-state index in [2.05, 4.69) is 40.0 Å². The maximum atomic E-state index is 12.1. The summed E-state index contributed by atoms with van der Waals surface area (Å²) in [7, 11) is 0. The molecule has 1 amide bonds. The minimum atomic E-state index is -0.189. The summed E-state index contributed by atoms with van der Waals surface area (Å²) in [5.41, 5.74) is 1.83. The van der Waals surface area contributed by atoms with Crippen molar-refractivity contribution in [1.82, 2.24) is 10.2 Å². The maximum absolute atomic E-state index is 12.1. The molecular weight excluding hydrogens is 496 g/mol. The standard InChI is InChI=1S/C23H25BrN2O3S2/c1-3-26(4-2)11-12-28-18-10-9-16(13-21-22(27)25-23(30)31-21)20(14-18)29-15-17-7-5-6-8-19(17)24/h5-10,13-14H,3-4,11-12,15H2,1-2H3,(H,25,27,30)/b21-13-. The van der Waals surface area contributed by atoms with Gasteiger partial charge in [0.15, 0.2) is 0 Å². The number of halogens is 1. The van der Waals surface area contributed by atoms with E-state index in [-0.39, 0.29) is 5.91 Å². The normalized spacial score (nSPS) is 14.9. The van der Waals surface area contributed by atoms with E-state index >= 15 is 0 Å². The van der Waals surface area contributed by atoms with Gasteiger partial charge in [0.2, 0.25) is 0 Å². The lowest BCUT2D eigenvalue weighted by molar-refractivity contribution is -0.115. The summed E-state index contributed by atoms with van der Waals surface area (Å²) < 4.78 is 13.6. The highest BCUT2D eigenvalue weighted by atomic mass is 79.9. The SMILES string of the molecule is CCN(CC)CCOc1ccc(/C=C2\SC(=S)NC2=O)c(OCc2ccccc2Br)c1. The molecular formula is C23H25BrN2O3S2. The van der Waals surface area contributed by atoms with Crippen LogP contribution in [0.25, 0.3) is 6.08 Å². The highest BCUT2D eigenvalue weighted by Crippen LogP contribution is 2.32. The number of rotatable bonds is 10. The molecule has 1 saturated heterocycles. The van der Waals surface area contributed by atoms with Crippen LogP contribution in [-0.2, 0) is 11.4 Å². The van der Waals surface area contributed by atoms with E-state index in [4.69, 9.17) is 21.7 Å². The van der Waals surface area contributed by atoms with Crippen molar-refractivity contribution in [3.63, 3.8) is 0 Å². The van der Waals surface area contributed by atoms with Crippen LogP contribution in [0.4, 0.5) is 0 Å². The van der Waals surface area contributed by atoms with E-state index in [9.17, 15) is 4.79 Å². The lowest BCUT2D eigenvalue weighted by atomic mass is 10.1. The number of hydrogen-bond donors (Lipinski definition) is 1. The number of amides is 1. The minimum absolute atomic E-state index is 0.189. The third kappa shape index (κ3) is 6.80. The van der Waals surface area contributed by atoms with Crippen molar-refractivity contribution in [3.8, 4) is 11.5 Å². The molecule has 1 fully saturated rings. The number of likely N-dealkylation sites (N-methyl/N-ethyl adjacent to an activating group) is 1. The van der Waals surface area contributed by atoms with Crippen LogP contribution in [0.1, 0.15) is 25.0 Å². The van der Waals surface area contributed by atoms with E-state index in [0.29, 0.717) is 28.2 Å². The van der Waals surface area contributed by atoms with Crippen LogP contribution in [0.5, 0.6) is 11.5 Å². The fourth-order valence-corrected chi connectivity index (χ4v) is 4.45. The Balaban J connectivity index is 1.80. The summed E-state index contributed by atoms with van der Waals surface area (Å²) in [6, 6.07) is 13.6. The van der Waals surface area contributed by atoms with Gasteiger partial charge in [0, 0.05) is 28.2 Å². The van der Waals surface area contributed by atoms with Gasteiger partial charge in [-0.25, -0.2) is 0 Å². The molecule has 0 radical (unpaired) electrons. The highest BCUT2D eigenvalue weighted by molar-refractivity contribution is 9.10. The second-order valence-electron chi connectivity index (χ2n) is 6.81. The van der Waals surface area contributed by atoms with Crippen LogP contribution in [0.15, 0.2) is 51.8 Å². The zero-order chi connectivity index (χ0) is 22.2. The number of nitrogens with zero attached hydrogens (tertiary/aromatic N) is 1. The van der Waals surface area contributed by atoms with Crippen molar-refractivity contribution in [2.24, 2.45) is 0 Å². The number of ether oxygens (including phenoxy) is 2. The lowest BCUT2D eigenvalue weighted by Gasteiger charge is -2.18. The molecule has 0 aliphatic carbocycles. The first-order valence-electron chi connectivity index (χ1n) is 10.1. The van der Waals surface area contributed by atoms with Crippen LogP contribution in [0.3, 0.4) is 0 Å². The first-order valence-corrected chi connectivity index (χ1v) is 12.1. The third-order valence-electron chi connectivity index (χ3n) is 4.83. The Morgan fingerprint density at radius 1 is 1.16 bits per heavy atom. The third-order valence-corrected chi connectivity index (χ3v) is 6.76. The Morgan fingerprint density at radius 2 is 1.94 bits per heavy atom. The number of hydrogen-bond acceptors (Lipinski definition) is 6. The highest BCUT2D eigenvalue weighted by Gasteiger charge is 2.22. The summed E-state index contributed by atoms with van der Waals surface area (Å²) in [6.45, 7) is 8.12. The Morgan fingerprint density at radius 3 is 2.61 bits per heavy atom. The Bertz CT molecular complexity index is 977. The molecule has 0 bridgehead atoms. The van der Waals surface area contributed by atoms with Gasteiger partial charge in [0.05, 0.1) is 4.91 Å². The molecule has 0 unspecified atom stereocenters. The van der Waals surface area contributed by atoms with Gasteiger partial charge in [-0.15, -0.1) is 0 Å². The van der Waals surface area contributed by atoms with E-state index in [1.165, 1.54) is 11.8 Å². The van der Waals surface area contributed by atoms with Gasteiger partial charge < -0.3 is 19.7 Å². The predicted octanol–water partition coefficient (Wildman–Crippen LogP) is 5.24. The van der Waals surface area contributed by atoms with Crippen LogP contribution in [0, 0.1) is 0 Å². The second-order valence-corrected chi connectivity index (χ2v) is 9.38. The summed E-state index contributed by atoms with van der Waals surface area (Å²) in [4.78, 5) is 14.9. The zero-order valence-electron chi connectivity index (χ0n) is 17.5. The number of thioether (sulfide) groups is 1. The summed E-state index contributed by atoms with van der Waals surface area (Å²) in [5, 5.41) is 2.64. The average molecular weight is 522 g/mol. The number of carbonyl (C=O) groups excluding carboxylic acids is 1. The molecule has 5 nitrogen and oxygen atoms in total. The molecule has 2 aromatic carbocycles. The van der Waals surface area contributed by atoms with Crippen molar-refractivity contribution >= 4 is 56.2 Å². The maximum Gasteiger partial charge on any atom is 0.263 e. The van der Waals surface area contributed by atoms with Crippen LogP contribution >= 0.6 is 39.9 Å². The molecule has 0 aromatic heterocycles. The molecule has 2 aromatic rings. The Kier molecular flexibility index (Phi) is 8.95. The van der Waals surface area contributed by atoms with Crippen LogP contribution in [0.2, 0.25) is 0 Å². The van der Waals surface area contributed by atoms with Crippen molar-refractivity contribution in [2.75, 3.05) is 26.2 Å². The molecule has 8 heteroatoms. The molecule has 0 atom stereocenters. The van der Waals surface area contributed by atoms with E-state index < -0.39 is 0 Å². The number of nitrogens with one attached hydrogen (secondary N) is 1. The molecule has 1 aliphatic rings. The minimum Gasteiger partial charge on any atom is -0.492 e. The largest absolute Gasteiger partial charge is 0.492 e. The Hall–Kier alpha value is -1.87. The van der Waals surface area contributed by atoms with E-state index in [1.54, 1.807) is 6.08 Å². The second kappa shape index (κ2) is 11.7. The smallest absolute Gasteiger partial charge is 0.263 e. The molecule has 0 spiro atoms. The number of thiocarbonyl (C=S) groups is 1. The first kappa shape index (κ1) is 23.8. The van der Waals surface area contributed by atoms with Gasteiger partial charge in [0.25, 0.3) is 5.91 Å². The number of carbonyl (C=O) groups is 1. The fourth-order valence-electron chi connectivity index (χ4n) is 3.01. The summed E-state index contributed by atoms with van der Waals surface area (Å²) >= 11 is 9.90. The van der Waals surface area contributed by atoms with E-state index in [0.717, 1.165) is 41.0 Å². The summed E-state index contributed by atoms with van der Waals surface area (Å²) in [5.74, 6) is 1.19. The van der Waals surface area contributed by atoms with Crippen LogP contribution in [-0.4, -0.2) is 41.4 Å². The quantitative estimate of drug-likeness (QED) is 0.341. The predicted molar refractivity (Wildman–Crippen MR) is 135 cm³/mol. The van der Waals surface area contributed by atoms with Crippen molar-refractivity contribution in [2.45, 2.75) is 20.5 Å². The summed E-state index contributed by atoms with van der Waals surface area (Å²) in [6.07, 6.45) is 1.80. The molecule has 164 valence electrons. The monoisotopic (exact) mass is 520 g/mol. The molecule has 1 aliphatic heterocycles. The van der Waals surface area contributed by atoms with Crippen molar-refractivity contribution < 1.29 is 14.3 Å². The molecule has 1 N–H and O–H groups in total. The Labute approximate surface area is 201 Å². The topological polar surface area (TPSA) is 50.8 Å². The molecule has 0 saturated carbocycles. The molecule has 3 rings (SSSR count). The molecule has 31 heavy (non-hydrogen) atoms. The number of benzene rings is 2. The molecule has 1 heterocycles. The van der Waals surface area contributed by atoms with Crippen molar-refractivity contribution in [1.29, 1.82) is 0 Å². The first-order chi connectivity index (χ1) is 15.0. The zero-order valence-corrected chi connectivity index (χ0v) is 20.7. The lowest BCUT2D eigenvalue weighted by Crippen LogP contribution is -2.27. The average Bonchev–Trinajstić information content (AvgIpc) is 3.08. The van der Waals surface area contributed by atoms with Gasteiger partial charge in [-0.05, 0) is 37.4 Å². The fraction of sp³-hybridized carbons (Fsp3) is 0.304. The van der Waals surface area contributed by atoms with Gasteiger partial charge in [-0.2, -0.15) is 0 Å². The van der Waals surface area contributed by atoms with Gasteiger partial charge in [-0.1, -0.05) is 72.0 Å². The van der Waals surface area contributed by atoms with Crippen LogP contribution < -0.4 is 14.8 Å². The van der Waals surface area contributed by atoms with Gasteiger partial charge in [-0.3, -0.25) is 4.79 Å².